The molecule has 0 fully saturated rings. The Hall–Kier alpha value is -2.11. The van der Waals surface area contributed by atoms with Crippen molar-refractivity contribution in [1.29, 1.82) is 0 Å². The first-order valence-electron chi connectivity index (χ1n) is 6.86. The van der Waals surface area contributed by atoms with E-state index in [1.807, 2.05) is 0 Å². The first-order chi connectivity index (χ1) is 11.0. The van der Waals surface area contributed by atoms with Gasteiger partial charge in [-0.15, -0.1) is 0 Å². The van der Waals surface area contributed by atoms with Crippen LogP contribution < -0.4 is 14.8 Å². The van der Waals surface area contributed by atoms with E-state index in [4.69, 9.17) is 37.8 Å². The zero-order valence-corrected chi connectivity index (χ0v) is 13.6. The lowest BCUT2D eigenvalue weighted by atomic mass is 10.3. The summed E-state index contributed by atoms with van der Waals surface area (Å²) < 4.78 is 11.2. The molecule has 0 aliphatic carbocycles. The highest BCUT2D eigenvalue weighted by atomic mass is 35.5. The van der Waals surface area contributed by atoms with Gasteiger partial charge < -0.3 is 19.9 Å². The first-order valence-corrected chi connectivity index (χ1v) is 7.62. The summed E-state index contributed by atoms with van der Waals surface area (Å²) >= 11 is 11.8. The van der Waals surface area contributed by atoms with Crippen LogP contribution in [0.2, 0.25) is 10.0 Å². The molecule has 23 heavy (non-hydrogen) atoms. The minimum Gasteiger partial charge on any atom is -0.494 e. The number of rotatable bonds is 7. The van der Waals surface area contributed by atoms with Crippen molar-refractivity contribution in [2.45, 2.75) is 6.42 Å². The van der Waals surface area contributed by atoms with Gasteiger partial charge in [0.1, 0.15) is 17.2 Å². The normalized spacial score (nSPS) is 10.2. The van der Waals surface area contributed by atoms with Gasteiger partial charge in [0.25, 0.3) is 0 Å². The van der Waals surface area contributed by atoms with Crippen LogP contribution >= 0.6 is 23.2 Å². The van der Waals surface area contributed by atoms with Gasteiger partial charge in [-0.1, -0.05) is 23.2 Å². The third-order valence-corrected chi connectivity index (χ3v) is 3.20. The molecule has 1 amide bonds. The van der Waals surface area contributed by atoms with Gasteiger partial charge in [0.05, 0.1) is 6.61 Å². The minimum absolute atomic E-state index is 0.353. The molecule has 0 aliphatic heterocycles. The molecule has 2 aromatic carbocycles. The van der Waals surface area contributed by atoms with Crippen LogP contribution in [-0.4, -0.2) is 24.4 Å². The van der Waals surface area contributed by atoms with Crippen molar-refractivity contribution in [1.82, 2.24) is 5.32 Å². The zero-order valence-electron chi connectivity index (χ0n) is 12.1. The van der Waals surface area contributed by atoms with Gasteiger partial charge in [-0.2, -0.15) is 0 Å². The number of carbonyl (C=O) groups is 1. The third-order valence-electron chi connectivity index (χ3n) is 2.76. The molecule has 122 valence electrons. The van der Waals surface area contributed by atoms with Crippen molar-refractivity contribution in [3.8, 4) is 17.2 Å². The van der Waals surface area contributed by atoms with E-state index in [1.165, 1.54) is 0 Å². The Morgan fingerprint density at radius 2 is 1.61 bits per heavy atom. The molecule has 0 unspecified atom stereocenters. The van der Waals surface area contributed by atoms with Gasteiger partial charge in [-0.3, -0.25) is 0 Å². The second-order valence-corrected chi connectivity index (χ2v) is 5.49. The third kappa shape index (κ3) is 6.26. The standard InChI is InChI=1S/C16H15Cl2NO4/c17-11-8-12(18)10-15(9-11)23-14-4-2-13(3-5-14)22-7-1-6-19-16(20)21/h2-5,8-10,19H,1,6-7H2,(H,20,21). The maximum Gasteiger partial charge on any atom is 0.404 e. The van der Waals surface area contributed by atoms with Gasteiger partial charge in [0, 0.05) is 16.6 Å². The molecule has 0 bridgehead atoms. The molecular formula is C16H15Cl2NO4. The van der Waals surface area contributed by atoms with E-state index in [-0.39, 0.29) is 0 Å². The number of benzene rings is 2. The van der Waals surface area contributed by atoms with Crippen molar-refractivity contribution in [2.24, 2.45) is 0 Å². The molecule has 7 heteroatoms. The second-order valence-electron chi connectivity index (χ2n) is 4.61. The summed E-state index contributed by atoms with van der Waals surface area (Å²) in [5.41, 5.74) is 0. The Morgan fingerprint density at radius 1 is 1.00 bits per heavy atom. The second kappa shape index (κ2) is 8.50. The highest BCUT2D eigenvalue weighted by molar-refractivity contribution is 6.34. The number of amides is 1. The lowest BCUT2D eigenvalue weighted by Crippen LogP contribution is -2.23. The molecule has 0 saturated heterocycles. The predicted octanol–water partition coefficient (Wildman–Crippen LogP) is 4.82. The van der Waals surface area contributed by atoms with Crippen molar-refractivity contribution in [3.63, 3.8) is 0 Å². The Labute approximate surface area is 143 Å². The molecule has 0 radical (unpaired) electrons. The summed E-state index contributed by atoms with van der Waals surface area (Å²) in [7, 11) is 0. The van der Waals surface area contributed by atoms with E-state index in [1.54, 1.807) is 42.5 Å². The molecule has 2 rings (SSSR count). The smallest absolute Gasteiger partial charge is 0.404 e. The van der Waals surface area contributed by atoms with E-state index in [0.29, 0.717) is 46.9 Å². The Morgan fingerprint density at radius 3 is 2.22 bits per heavy atom. The predicted molar refractivity (Wildman–Crippen MR) is 89.1 cm³/mol. The van der Waals surface area contributed by atoms with Gasteiger partial charge >= 0.3 is 6.09 Å². The number of hydrogen-bond acceptors (Lipinski definition) is 3. The van der Waals surface area contributed by atoms with Crippen molar-refractivity contribution in [2.75, 3.05) is 13.2 Å². The Bertz CT molecular complexity index is 641. The van der Waals surface area contributed by atoms with Crippen LogP contribution in [0.25, 0.3) is 0 Å². The first kappa shape index (κ1) is 17.2. The summed E-state index contributed by atoms with van der Waals surface area (Å²) in [4.78, 5) is 10.3. The van der Waals surface area contributed by atoms with Crippen LogP contribution in [-0.2, 0) is 0 Å². The summed E-state index contributed by atoms with van der Waals surface area (Å²) in [5.74, 6) is 1.86. The zero-order chi connectivity index (χ0) is 16.7. The van der Waals surface area contributed by atoms with Crippen LogP contribution in [0.5, 0.6) is 17.2 Å². The molecule has 0 aliphatic rings. The lowest BCUT2D eigenvalue weighted by Gasteiger charge is -2.09. The van der Waals surface area contributed by atoms with E-state index in [0.717, 1.165) is 0 Å². The number of nitrogens with one attached hydrogen (secondary N) is 1. The lowest BCUT2D eigenvalue weighted by molar-refractivity contribution is 0.193. The van der Waals surface area contributed by atoms with Gasteiger partial charge in [-0.05, 0) is 48.9 Å². The van der Waals surface area contributed by atoms with Gasteiger partial charge in [0.2, 0.25) is 0 Å². The fourth-order valence-corrected chi connectivity index (χ4v) is 2.29. The molecule has 0 atom stereocenters. The van der Waals surface area contributed by atoms with Gasteiger partial charge in [0.15, 0.2) is 0 Å². The largest absolute Gasteiger partial charge is 0.494 e. The maximum atomic E-state index is 10.3. The van der Waals surface area contributed by atoms with Gasteiger partial charge in [-0.25, -0.2) is 4.79 Å². The fraction of sp³-hybridized carbons (Fsp3) is 0.188. The van der Waals surface area contributed by atoms with Crippen molar-refractivity contribution < 1.29 is 19.4 Å². The molecule has 5 nitrogen and oxygen atoms in total. The van der Waals surface area contributed by atoms with E-state index in [9.17, 15) is 4.79 Å². The molecule has 0 spiro atoms. The van der Waals surface area contributed by atoms with Crippen LogP contribution in [0.3, 0.4) is 0 Å². The number of ether oxygens (including phenoxy) is 2. The Balaban J connectivity index is 1.83. The molecular weight excluding hydrogens is 341 g/mol. The van der Waals surface area contributed by atoms with E-state index in [2.05, 4.69) is 5.32 Å². The minimum atomic E-state index is -1.03. The molecule has 2 aromatic rings. The average molecular weight is 356 g/mol. The average Bonchev–Trinajstić information content (AvgIpc) is 2.47. The van der Waals surface area contributed by atoms with Crippen LogP contribution in [0.4, 0.5) is 4.79 Å². The highest BCUT2D eigenvalue weighted by Crippen LogP contribution is 2.29. The van der Waals surface area contributed by atoms with Crippen LogP contribution in [0, 0.1) is 0 Å². The summed E-state index contributed by atoms with van der Waals surface area (Å²) in [6, 6.07) is 12.0. The highest BCUT2D eigenvalue weighted by Gasteiger charge is 2.02. The van der Waals surface area contributed by atoms with Crippen LogP contribution in [0.1, 0.15) is 6.42 Å². The summed E-state index contributed by atoms with van der Waals surface area (Å²) in [5, 5.41) is 11.7. The van der Waals surface area contributed by atoms with E-state index < -0.39 is 6.09 Å². The summed E-state index contributed by atoms with van der Waals surface area (Å²) in [6.07, 6.45) is -0.446. The monoisotopic (exact) mass is 355 g/mol. The molecule has 0 aromatic heterocycles. The molecule has 0 heterocycles. The fourth-order valence-electron chi connectivity index (χ4n) is 1.78. The quantitative estimate of drug-likeness (QED) is 0.698. The Kier molecular flexibility index (Phi) is 6.38. The topological polar surface area (TPSA) is 67.8 Å². The SMILES string of the molecule is O=C(O)NCCCOc1ccc(Oc2cc(Cl)cc(Cl)c2)cc1. The number of hydrogen-bond donors (Lipinski definition) is 2. The van der Waals surface area contributed by atoms with Crippen LogP contribution in [0.15, 0.2) is 42.5 Å². The van der Waals surface area contributed by atoms with Crippen molar-refractivity contribution in [3.05, 3.63) is 52.5 Å². The van der Waals surface area contributed by atoms with Crippen molar-refractivity contribution >= 4 is 29.3 Å². The number of carboxylic acid groups (broad SMARTS) is 1. The molecule has 0 saturated carbocycles. The summed E-state index contributed by atoms with van der Waals surface area (Å²) in [6.45, 7) is 0.774. The van der Waals surface area contributed by atoms with E-state index >= 15 is 0 Å². The number of halogens is 2. The maximum absolute atomic E-state index is 10.3. The molecule has 2 N–H and O–H groups in total.